The molecule has 2 aromatic rings. The summed E-state index contributed by atoms with van der Waals surface area (Å²) in [5, 5.41) is 1.32. The van der Waals surface area contributed by atoms with Crippen molar-refractivity contribution in [3.05, 3.63) is 47.2 Å². The Hall–Kier alpha value is -1.72. The summed E-state index contributed by atoms with van der Waals surface area (Å²) in [7, 11) is 3.62. The van der Waals surface area contributed by atoms with Gasteiger partial charge in [0.05, 0.1) is 13.0 Å². The summed E-state index contributed by atoms with van der Waals surface area (Å²) in [6.45, 7) is 2.97. The van der Waals surface area contributed by atoms with Crippen LogP contribution in [0.25, 0.3) is 10.9 Å². The number of aromatic nitrogens is 1. The number of hydrogen-bond donors (Lipinski definition) is 2. The lowest BCUT2D eigenvalue weighted by molar-refractivity contribution is -0.151. The van der Waals surface area contributed by atoms with E-state index in [2.05, 4.69) is 54.2 Å². The number of nitrogens with zero attached hydrogens (tertiary/aromatic N) is 1. The largest absolute Gasteiger partial charge is 0.469 e. The topological polar surface area (TPSA) is 45.3 Å². The number of likely N-dealkylation sites (N-methyl/N-ethyl adjacent to an activating group) is 1. The van der Waals surface area contributed by atoms with E-state index in [1.165, 1.54) is 29.3 Å². The van der Waals surface area contributed by atoms with Crippen LogP contribution in [-0.4, -0.2) is 42.6 Å². The van der Waals surface area contributed by atoms with Gasteiger partial charge >= 0.3 is 5.97 Å². The van der Waals surface area contributed by atoms with Crippen molar-refractivity contribution < 1.29 is 9.53 Å². The fraction of sp³-hybridized carbons (Fsp3) is 0.476. The molecule has 0 amide bonds. The highest BCUT2D eigenvalue weighted by Gasteiger charge is 2.46. The molecule has 4 atom stereocenters. The van der Waals surface area contributed by atoms with E-state index in [-0.39, 0.29) is 29.1 Å². The number of fused-ring (bicyclic) bond motifs is 5. The first-order valence-corrected chi connectivity index (χ1v) is 9.77. The number of carbonyl (C=O) groups excluding carboxylic acids is 1. The summed E-state index contributed by atoms with van der Waals surface area (Å²) >= 11 is 4.95. The SMILES string of the molecule is CC=C1CN(C)C2Cc3c([nH]c4ccccc34)C(S)CC1C2C(=O)OC. The highest BCUT2D eigenvalue weighted by atomic mass is 32.1. The van der Waals surface area contributed by atoms with Crippen LogP contribution in [0.3, 0.4) is 0 Å². The van der Waals surface area contributed by atoms with E-state index in [9.17, 15) is 4.79 Å². The number of allylic oxidation sites excluding steroid dienone is 1. The van der Waals surface area contributed by atoms with Gasteiger partial charge in [0.25, 0.3) is 0 Å². The van der Waals surface area contributed by atoms with Crippen molar-refractivity contribution in [2.75, 3.05) is 20.7 Å². The number of benzene rings is 1. The van der Waals surface area contributed by atoms with Gasteiger partial charge in [0, 0.05) is 34.4 Å². The van der Waals surface area contributed by atoms with E-state index in [4.69, 9.17) is 17.4 Å². The number of hydrogen-bond acceptors (Lipinski definition) is 4. The molecule has 4 unspecified atom stereocenters. The molecule has 2 aliphatic rings. The lowest BCUT2D eigenvalue weighted by Crippen LogP contribution is -2.53. The summed E-state index contributed by atoms with van der Waals surface area (Å²) in [6.07, 6.45) is 3.84. The number of rotatable bonds is 1. The van der Waals surface area contributed by atoms with Gasteiger partial charge in [-0.05, 0) is 44.4 Å². The highest BCUT2D eigenvalue weighted by molar-refractivity contribution is 7.80. The summed E-state index contributed by atoms with van der Waals surface area (Å²) < 4.78 is 5.23. The molecule has 138 valence electrons. The van der Waals surface area contributed by atoms with Crippen LogP contribution in [-0.2, 0) is 16.0 Å². The van der Waals surface area contributed by atoms with Crippen molar-refractivity contribution in [1.29, 1.82) is 0 Å². The first-order valence-electron chi connectivity index (χ1n) is 9.25. The molecule has 1 fully saturated rings. The van der Waals surface area contributed by atoms with Gasteiger partial charge in [0.15, 0.2) is 0 Å². The molecule has 1 N–H and O–H groups in total. The van der Waals surface area contributed by atoms with Crippen LogP contribution in [0.1, 0.15) is 29.9 Å². The number of ether oxygens (including phenoxy) is 1. The predicted molar refractivity (Wildman–Crippen MR) is 108 cm³/mol. The van der Waals surface area contributed by atoms with Crippen LogP contribution in [0.4, 0.5) is 0 Å². The Kier molecular flexibility index (Phi) is 4.61. The van der Waals surface area contributed by atoms with Crippen LogP contribution in [0.5, 0.6) is 0 Å². The molecule has 1 aliphatic carbocycles. The van der Waals surface area contributed by atoms with Crippen LogP contribution in [0.2, 0.25) is 0 Å². The number of thiol groups is 1. The van der Waals surface area contributed by atoms with E-state index in [1.54, 1.807) is 0 Å². The first kappa shape index (κ1) is 17.7. The fourth-order valence-electron chi connectivity index (χ4n) is 4.93. The predicted octanol–water partition coefficient (Wildman–Crippen LogP) is 3.75. The Balaban J connectivity index is 1.89. The Bertz CT molecular complexity index is 872. The smallest absolute Gasteiger partial charge is 0.310 e. The lowest BCUT2D eigenvalue weighted by Gasteiger charge is -2.46. The molecule has 0 radical (unpaired) electrons. The molecule has 1 aromatic carbocycles. The number of H-pyrrole nitrogens is 1. The number of aromatic amines is 1. The van der Waals surface area contributed by atoms with Crippen LogP contribution in [0.15, 0.2) is 35.9 Å². The Morgan fingerprint density at radius 1 is 1.38 bits per heavy atom. The van der Waals surface area contributed by atoms with E-state index < -0.39 is 0 Å². The van der Waals surface area contributed by atoms with E-state index >= 15 is 0 Å². The van der Waals surface area contributed by atoms with Crippen LogP contribution >= 0.6 is 12.6 Å². The van der Waals surface area contributed by atoms with Crippen molar-refractivity contribution in [3.63, 3.8) is 0 Å². The molecule has 1 aromatic heterocycles. The normalized spacial score (nSPS) is 30.7. The number of para-hydroxylation sites is 1. The van der Waals surface area contributed by atoms with Crippen molar-refractivity contribution in [3.8, 4) is 0 Å². The summed E-state index contributed by atoms with van der Waals surface area (Å²) in [4.78, 5) is 18.7. The summed E-state index contributed by atoms with van der Waals surface area (Å²) in [5.74, 6) is -0.0770. The number of piperidine rings is 1. The molecule has 0 saturated carbocycles. The van der Waals surface area contributed by atoms with Gasteiger partial charge in [0.2, 0.25) is 0 Å². The Labute approximate surface area is 160 Å². The number of likely N-dealkylation sites (tertiary alicyclic amines) is 1. The zero-order valence-corrected chi connectivity index (χ0v) is 16.4. The monoisotopic (exact) mass is 370 g/mol. The quantitative estimate of drug-likeness (QED) is 0.456. The van der Waals surface area contributed by atoms with E-state index in [0.29, 0.717) is 0 Å². The van der Waals surface area contributed by atoms with Crippen LogP contribution < -0.4 is 0 Å². The zero-order valence-electron chi connectivity index (χ0n) is 15.5. The lowest BCUT2D eigenvalue weighted by atomic mass is 9.70. The average Bonchev–Trinajstić information content (AvgIpc) is 3.01. The molecule has 4 rings (SSSR count). The Morgan fingerprint density at radius 3 is 2.88 bits per heavy atom. The molecule has 0 spiro atoms. The average molecular weight is 371 g/mol. The molecule has 2 bridgehead atoms. The molecule has 26 heavy (non-hydrogen) atoms. The zero-order chi connectivity index (χ0) is 18.4. The second-order valence-electron chi connectivity index (χ2n) is 7.52. The number of methoxy groups -OCH3 is 1. The third-order valence-corrected chi connectivity index (χ3v) is 6.71. The second kappa shape index (κ2) is 6.78. The molecule has 1 saturated heterocycles. The third-order valence-electron chi connectivity index (χ3n) is 6.24. The Morgan fingerprint density at radius 2 is 2.15 bits per heavy atom. The summed E-state index contributed by atoms with van der Waals surface area (Å²) in [6, 6.07) is 8.55. The second-order valence-corrected chi connectivity index (χ2v) is 8.14. The maximum Gasteiger partial charge on any atom is 0.310 e. The minimum atomic E-state index is -0.151. The van der Waals surface area contributed by atoms with Gasteiger partial charge in [-0.15, -0.1) is 0 Å². The first-order chi connectivity index (χ1) is 12.5. The van der Waals surface area contributed by atoms with Crippen molar-refractivity contribution in [2.24, 2.45) is 11.8 Å². The number of esters is 1. The fourth-order valence-corrected chi connectivity index (χ4v) is 5.38. The van der Waals surface area contributed by atoms with Crippen molar-refractivity contribution >= 4 is 29.5 Å². The van der Waals surface area contributed by atoms with E-state index in [1.807, 2.05) is 0 Å². The molecule has 2 heterocycles. The third kappa shape index (κ3) is 2.69. The molecule has 5 heteroatoms. The standard InChI is InChI=1S/C21H26N2O2S/c1-4-12-11-23(2)17-9-15-13-7-5-6-8-16(13)22-20(15)18(26)10-14(12)19(17)21(24)25-3/h4-8,14,17-19,22,26H,9-11H2,1-3H3. The maximum atomic E-state index is 12.8. The summed E-state index contributed by atoms with van der Waals surface area (Å²) in [5.41, 5.74) is 4.97. The number of nitrogens with one attached hydrogen (secondary N) is 1. The maximum absolute atomic E-state index is 12.8. The van der Waals surface area contributed by atoms with Gasteiger partial charge in [-0.25, -0.2) is 0 Å². The number of carbonyl (C=O) groups is 1. The van der Waals surface area contributed by atoms with Gasteiger partial charge in [-0.1, -0.05) is 29.8 Å². The minimum Gasteiger partial charge on any atom is -0.469 e. The van der Waals surface area contributed by atoms with Gasteiger partial charge in [-0.2, -0.15) is 12.6 Å². The highest BCUT2D eigenvalue weighted by Crippen LogP contribution is 2.46. The van der Waals surface area contributed by atoms with Gasteiger partial charge in [-0.3, -0.25) is 9.69 Å². The minimum absolute atomic E-state index is 0.0777. The van der Waals surface area contributed by atoms with Crippen molar-refractivity contribution in [2.45, 2.75) is 31.1 Å². The van der Waals surface area contributed by atoms with Crippen molar-refractivity contribution in [1.82, 2.24) is 9.88 Å². The van der Waals surface area contributed by atoms with Crippen LogP contribution in [0, 0.1) is 11.8 Å². The molecule has 4 nitrogen and oxygen atoms in total. The molecular weight excluding hydrogens is 344 g/mol. The molecular formula is C21H26N2O2S. The van der Waals surface area contributed by atoms with Gasteiger partial charge in [0.1, 0.15) is 0 Å². The molecule has 1 aliphatic heterocycles. The van der Waals surface area contributed by atoms with Gasteiger partial charge < -0.3 is 9.72 Å². The van der Waals surface area contributed by atoms with E-state index in [0.717, 1.165) is 24.9 Å².